The van der Waals surface area contributed by atoms with Gasteiger partial charge in [0.25, 0.3) is 0 Å². The Bertz CT molecular complexity index is 785. The van der Waals surface area contributed by atoms with Crippen LogP contribution >= 0.6 is 0 Å². The molecule has 0 unspecified atom stereocenters. The van der Waals surface area contributed by atoms with Gasteiger partial charge in [-0.15, -0.1) is 0 Å². The van der Waals surface area contributed by atoms with Crippen LogP contribution in [0.2, 0.25) is 0 Å². The van der Waals surface area contributed by atoms with Crippen molar-refractivity contribution in [3.63, 3.8) is 0 Å². The molecule has 0 saturated carbocycles. The second-order valence-electron chi connectivity index (χ2n) is 6.18. The van der Waals surface area contributed by atoms with Crippen LogP contribution < -0.4 is 14.9 Å². The molecule has 138 valence electrons. The summed E-state index contributed by atoms with van der Waals surface area (Å²) in [6.07, 6.45) is 3.66. The SMILES string of the molecule is COc1ccc(CCCC(=O)N/N=C/c2ccc(C)c(OC)c2)cc1C. The van der Waals surface area contributed by atoms with Crippen molar-refractivity contribution < 1.29 is 14.3 Å². The Labute approximate surface area is 155 Å². The van der Waals surface area contributed by atoms with Gasteiger partial charge in [0, 0.05) is 6.42 Å². The molecular formula is C21H26N2O3. The number of nitrogens with one attached hydrogen (secondary N) is 1. The zero-order chi connectivity index (χ0) is 18.9. The van der Waals surface area contributed by atoms with Gasteiger partial charge in [0.1, 0.15) is 11.5 Å². The number of carbonyl (C=O) groups excluding carboxylic acids is 1. The number of nitrogens with zero attached hydrogens (tertiary/aromatic N) is 1. The predicted octanol–water partition coefficient (Wildman–Crippen LogP) is 3.79. The summed E-state index contributed by atoms with van der Waals surface area (Å²) in [5, 5.41) is 4.01. The first-order valence-electron chi connectivity index (χ1n) is 8.63. The monoisotopic (exact) mass is 354 g/mol. The standard InChI is InChI=1S/C21H26N2O3/c1-15-8-9-18(13-20(15)26-4)14-22-23-21(24)7-5-6-17-10-11-19(25-3)16(2)12-17/h8-14H,5-7H2,1-4H3,(H,23,24)/b22-14+. The largest absolute Gasteiger partial charge is 0.496 e. The van der Waals surface area contributed by atoms with Gasteiger partial charge in [-0.25, -0.2) is 5.43 Å². The van der Waals surface area contributed by atoms with E-state index in [0.717, 1.165) is 41.0 Å². The number of methoxy groups -OCH3 is 2. The average molecular weight is 354 g/mol. The number of rotatable bonds is 8. The molecule has 0 aliphatic rings. The zero-order valence-electron chi connectivity index (χ0n) is 15.8. The highest BCUT2D eigenvalue weighted by Crippen LogP contribution is 2.19. The summed E-state index contributed by atoms with van der Waals surface area (Å²) >= 11 is 0. The van der Waals surface area contributed by atoms with Gasteiger partial charge in [0.15, 0.2) is 0 Å². The molecule has 5 heteroatoms. The summed E-state index contributed by atoms with van der Waals surface area (Å²) in [7, 11) is 3.30. The number of carbonyl (C=O) groups is 1. The Morgan fingerprint density at radius 3 is 2.50 bits per heavy atom. The quantitative estimate of drug-likeness (QED) is 0.579. The first-order chi connectivity index (χ1) is 12.5. The van der Waals surface area contributed by atoms with E-state index in [1.54, 1.807) is 20.4 Å². The fourth-order valence-electron chi connectivity index (χ4n) is 2.70. The molecule has 0 aliphatic carbocycles. The molecule has 0 aliphatic heterocycles. The third-order valence-electron chi connectivity index (χ3n) is 4.16. The fourth-order valence-corrected chi connectivity index (χ4v) is 2.70. The van der Waals surface area contributed by atoms with Crippen molar-refractivity contribution in [2.24, 2.45) is 5.10 Å². The molecule has 0 bridgehead atoms. The highest BCUT2D eigenvalue weighted by atomic mass is 16.5. The van der Waals surface area contributed by atoms with Crippen molar-refractivity contribution in [3.05, 3.63) is 58.7 Å². The zero-order valence-corrected chi connectivity index (χ0v) is 15.8. The number of ether oxygens (including phenoxy) is 2. The number of hydrogen-bond acceptors (Lipinski definition) is 4. The first-order valence-corrected chi connectivity index (χ1v) is 8.63. The van der Waals surface area contributed by atoms with Crippen molar-refractivity contribution in [1.82, 2.24) is 5.43 Å². The Hall–Kier alpha value is -2.82. The van der Waals surface area contributed by atoms with E-state index in [1.165, 1.54) is 5.56 Å². The van der Waals surface area contributed by atoms with Gasteiger partial charge in [-0.3, -0.25) is 4.79 Å². The Balaban J connectivity index is 1.77. The molecular weight excluding hydrogens is 328 g/mol. The lowest BCUT2D eigenvalue weighted by molar-refractivity contribution is -0.121. The first kappa shape index (κ1) is 19.5. The van der Waals surface area contributed by atoms with Crippen LogP contribution in [0.25, 0.3) is 0 Å². The van der Waals surface area contributed by atoms with Gasteiger partial charge in [-0.1, -0.05) is 24.3 Å². The smallest absolute Gasteiger partial charge is 0.240 e. The molecule has 0 radical (unpaired) electrons. The lowest BCUT2D eigenvalue weighted by Crippen LogP contribution is -2.17. The van der Waals surface area contributed by atoms with E-state index < -0.39 is 0 Å². The number of benzene rings is 2. The molecule has 2 aromatic carbocycles. The van der Waals surface area contributed by atoms with Crippen molar-refractivity contribution in [2.75, 3.05) is 14.2 Å². The van der Waals surface area contributed by atoms with Crippen molar-refractivity contribution in [2.45, 2.75) is 33.1 Å². The lowest BCUT2D eigenvalue weighted by Gasteiger charge is -2.07. The molecule has 5 nitrogen and oxygen atoms in total. The molecule has 1 N–H and O–H groups in total. The molecule has 0 aromatic heterocycles. The van der Waals surface area contributed by atoms with E-state index >= 15 is 0 Å². The normalized spacial score (nSPS) is 10.8. The van der Waals surface area contributed by atoms with E-state index in [9.17, 15) is 4.79 Å². The van der Waals surface area contributed by atoms with Crippen molar-refractivity contribution in [3.8, 4) is 11.5 Å². The van der Waals surface area contributed by atoms with Crippen LogP contribution in [0.15, 0.2) is 41.5 Å². The summed E-state index contributed by atoms with van der Waals surface area (Å²) in [4.78, 5) is 11.9. The summed E-state index contributed by atoms with van der Waals surface area (Å²) < 4.78 is 10.5. The summed E-state index contributed by atoms with van der Waals surface area (Å²) in [5.41, 5.74) is 6.81. The minimum absolute atomic E-state index is 0.0921. The van der Waals surface area contributed by atoms with Gasteiger partial charge in [0.05, 0.1) is 20.4 Å². The number of hydrazone groups is 1. The topological polar surface area (TPSA) is 59.9 Å². The fraction of sp³-hybridized carbons (Fsp3) is 0.333. The van der Waals surface area contributed by atoms with E-state index in [2.05, 4.69) is 16.6 Å². The molecule has 26 heavy (non-hydrogen) atoms. The van der Waals surface area contributed by atoms with Crippen LogP contribution in [0, 0.1) is 13.8 Å². The summed E-state index contributed by atoms with van der Waals surface area (Å²) in [6, 6.07) is 11.9. The second-order valence-corrected chi connectivity index (χ2v) is 6.18. The molecule has 0 spiro atoms. The Morgan fingerprint density at radius 2 is 1.81 bits per heavy atom. The van der Waals surface area contributed by atoms with Gasteiger partial charge in [0.2, 0.25) is 5.91 Å². The summed E-state index contributed by atoms with van der Waals surface area (Å²) in [5.74, 6) is 1.59. The molecule has 0 heterocycles. The van der Waals surface area contributed by atoms with Crippen LogP contribution in [0.3, 0.4) is 0 Å². The maximum atomic E-state index is 11.9. The van der Waals surface area contributed by atoms with E-state index in [1.807, 2.05) is 44.2 Å². The van der Waals surface area contributed by atoms with Crippen LogP contribution in [0.1, 0.15) is 35.1 Å². The van der Waals surface area contributed by atoms with Crippen LogP contribution in [-0.2, 0) is 11.2 Å². The van der Waals surface area contributed by atoms with E-state index in [4.69, 9.17) is 9.47 Å². The molecule has 0 saturated heterocycles. The third-order valence-corrected chi connectivity index (χ3v) is 4.16. The maximum absolute atomic E-state index is 11.9. The second kappa shape index (κ2) is 9.61. The van der Waals surface area contributed by atoms with Gasteiger partial charge in [-0.05, 0) is 61.1 Å². The molecule has 2 rings (SSSR count). The Morgan fingerprint density at radius 1 is 1.04 bits per heavy atom. The highest BCUT2D eigenvalue weighted by molar-refractivity contribution is 5.83. The minimum Gasteiger partial charge on any atom is -0.496 e. The highest BCUT2D eigenvalue weighted by Gasteiger charge is 2.03. The molecule has 2 aromatic rings. The lowest BCUT2D eigenvalue weighted by atomic mass is 10.1. The number of hydrogen-bond donors (Lipinski definition) is 1. The minimum atomic E-state index is -0.0921. The molecule has 0 atom stereocenters. The summed E-state index contributed by atoms with van der Waals surface area (Å²) in [6.45, 7) is 4.00. The average Bonchev–Trinajstić information content (AvgIpc) is 2.63. The van der Waals surface area contributed by atoms with Gasteiger partial charge in [-0.2, -0.15) is 5.10 Å². The third kappa shape index (κ3) is 5.62. The van der Waals surface area contributed by atoms with Crippen molar-refractivity contribution in [1.29, 1.82) is 0 Å². The number of aryl methyl sites for hydroxylation is 3. The molecule has 0 fully saturated rings. The maximum Gasteiger partial charge on any atom is 0.240 e. The van der Waals surface area contributed by atoms with E-state index in [0.29, 0.717) is 6.42 Å². The van der Waals surface area contributed by atoms with E-state index in [-0.39, 0.29) is 5.91 Å². The van der Waals surface area contributed by atoms with Gasteiger partial charge >= 0.3 is 0 Å². The van der Waals surface area contributed by atoms with Crippen molar-refractivity contribution >= 4 is 12.1 Å². The van der Waals surface area contributed by atoms with Crippen LogP contribution in [-0.4, -0.2) is 26.3 Å². The Kier molecular flexibility index (Phi) is 7.21. The number of amides is 1. The predicted molar refractivity (Wildman–Crippen MR) is 104 cm³/mol. The van der Waals surface area contributed by atoms with Crippen LogP contribution in [0.5, 0.6) is 11.5 Å². The van der Waals surface area contributed by atoms with Gasteiger partial charge < -0.3 is 9.47 Å². The molecule has 1 amide bonds. The van der Waals surface area contributed by atoms with Crippen LogP contribution in [0.4, 0.5) is 0 Å².